The number of rotatable bonds is 8. The first-order valence-corrected chi connectivity index (χ1v) is 7.95. The topological polar surface area (TPSA) is 58.8 Å². The minimum absolute atomic E-state index is 0.510. The Kier molecular flexibility index (Phi) is 7.49. The number of benzene rings is 1. The molecule has 124 valence electrons. The minimum Gasteiger partial charge on any atom is -0.467 e. The standard InChI is InChI=1S/C17H22ClN3O2/c1-19-17(21-12-14-5-7-15(18)8-6-14)20-9-3-10-22-13-16-4-2-11-23-16/h2,4-8,11H,3,9-10,12-13H2,1H3,(H2,19,20,21). The zero-order chi connectivity index (χ0) is 16.3. The zero-order valence-electron chi connectivity index (χ0n) is 13.2. The summed E-state index contributed by atoms with van der Waals surface area (Å²) in [6.07, 6.45) is 2.54. The van der Waals surface area contributed by atoms with Gasteiger partial charge < -0.3 is 19.8 Å². The van der Waals surface area contributed by atoms with E-state index in [0.29, 0.717) is 19.8 Å². The molecule has 0 spiro atoms. The van der Waals surface area contributed by atoms with Crippen LogP contribution in [0.15, 0.2) is 52.1 Å². The van der Waals surface area contributed by atoms with E-state index >= 15 is 0 Å². The molecule has 5 nitrogen and oxygen atoms in total. The van der Waals surface area contributed by atoms with Crippen molar-refractivity contribution in [2.24, 2.45) is 4.99 Å². The van der Waals surface area contributed by atoms with Crippen LogP contribution >= 0.6 is 11.6 Å². The molecule has 0 radical (unpaired) electrons. The van der Waals surface area contributed by atoms with Gasteiger partial charge in [0, 0.05) is 31.8 Å². The average Bonchev–Trinajstić information content (AvgIpc) is 3.08. The molecule has 0 unspecified atom stereocenters. The lowest BCUT2D eigenvalue weighted by Gasteiger charge is -2.12. The van der Waals surface area contributed by atoms with Gasteiger partial charge in [0.1, 0.15) is 12.4 Å². The number of nitrogens with one attached hydrogen (secondary N) is 2. The van der Waals surface area contributed by atoms with Crippen molar-refractivity contribution in [2.75, 3.05) is 20.2 Å². The summed E-state index contributed by atoms with van der Waals surface area (Å²) >= 11 is 5.87. The van der Waals surface area contributed by atoms with E-state index in [1.165, 1.54) is 0 Å². The molecule has 0 saturated carbocycles. The number of halogens is 1. The number of nitrogens with zero attached hydrogens (tertiary/aromatic N) is 1. The predicted molar refractivity (Wildman–Crippen MR) is 92.6 cm³/mol. The summed E-state index contributed by atoms with van der Waals surface area (Å²) in [5.41, 5.74) is 1.15. The highest BCUT2D eigenvalue weighted by Crippen LogP contribution is 2.09. The lowest BCUT2D eigenvalue weighted by Crippen LogP contribution is -2.37. The molecule has 0 bridgehead atoms. The summed E-state index contributed by atoms with van der Waals surface area (Å²) in [4.78, 5) is 4.19. The number of aliphatic imine (C=N–C) groups is 1. The van der Waals surface area contributed by atoms with Crippen LogP contribution in [0.4, 0.5) is 0 Å². The summed E-state index contributed by atoms with van der Waals surface area (Å²) in [7, 11) is 1.75. The number of ether oxygens (including phenoxy) is 1. The van der Waals surface area contributed by atoms with E-state index in [1.54, 1.807) is 13.3 Å². The maximum atomic E-state index is 5.87. The molecule has 2 aromatic rings. The Morgan fingerprint density at radius 2 is 2.04 bits per heavy atom. The number of hydrogen-bond donors (Lipinski definition) is 2. The van der Waals surface area contributed by atoms with Crippen molar-refractivity contribution in [2.45, 2.75) is 19.6 Å². The van der Waals surface area contributed by atoms with Crippen LogP contribution in [0.1, 0.15) is 17.7 Å². The summed E-state index contributed by atoms with van der Waals surface area (Å²) in [6, 6.07) is 11.5. The maximum Gasteiger partial charge on any atom is 0.191 e. The molecule has 0 amide bonds. The van der Waals surface area contributed by atoms with E-state index in [4.69, 9.17) is 20.8 Å². The second-order valence-corrected chi connectivity index (χ2v) is 5.40. The fourth-order valence-corrected chi connectivity index (χ4v) is 2.08. The molecule has 1 heterocycles. The quantitative estimate of drug-likeness (QED) is 0.442. The second kappa shape index (κ2) is 9.92. The molecule has 2 N–H and O–H groups in total. The Bertz CT molecular complexity index is 582. The normalized spacial score (nSPS) is 11.5. The summed E-state index contributed by atoms with van der Waals surface area (Å²) in [6.45, 7) is 2.67. The van der Waals surface area contributed by atoms with Gasteiger partial charge in [-0.1, -0.05) is 23.7 Å². The van der Waals surface area contributed by atoms with Crippen molar-refractivity contribution in [1.82, 2.24) is 10.6 Å². The van der Waals surface area contributed by atoms with E-state index in [1.807, 2.05) is 36.4 Å². The van der Waals surface area contributed by atoms with Gasteiger partial charge in [-0.2, -0.15) is 0 Å². The van der Waals surface area contributed by atoms with E-state index in [9.17, 15) is 0 Å². The van der Waals surface area contributed by atoms with Crippen LogP contribution in [0.3, 0.4) is 0 Å². The van der Waals surface area contributed by atoms with Crippen LogP contribution in [-0.2, 0) is 17.9 Å². The third-order valence-electron chi connectivity index (χ3n) is 3.18. The van der Waals surface area contributed by atoms with Crippen molar-refractivity contribution < 1.29 is 9.15 Å². The van der Waals surface area contributed by atoms with Crippen LogP contribution in [0.25, 0.3) is 0 Å². The Morgan fingerprint density at radius 3 is 2.74 bits per heavy atom. The molecule has 6 heteroatoms. The third-order valence-corrected chi connectivity index (χ3v) is 3.43. The van der Waals surface area contributed by atoms with Gasteiger partial charge >= 0.3 is 0 Å². The first-order valence-electron chi connectivity index (χ1n) is 7.57. The molecule has 0 aliphatic carbocycles. The van der Waals surface area contributed by atoms with Crippen LogP contribution in [0.2, 0.25) is 5.02 Å². The van der Waals surface area contributed by atoms with Gasteiger partial charge in [0.2, 0.25) is 0 Å². The number of furan rings is 1. The van der Waals surface area contributed by atoms with Crippen molar-refractivity contribution in [3.8, 4) is 0 Å². The fraction of sp³-hybridized carbons (Fsp3) is 0.353. The largest absolute Gasteiger partial charge is 0.467 e. The first kappa shape index (κ1) is 17.4. The van der Waals surface area contributed by atoms with Gasteiger partial charge in [0.25, 0.3) is 0 Å². The molecule has 23 heavy (non-hydrogen) atoms. The van der Waals surface area contributed by atoms with E-state index in [-0.39, 0.29) is 0 Å². The smallest absolute Gasteiger partial charge is 0.191 e. The Morgan fingerprint density at radius 1 is 1.22 bits per heavy atom. The Labute approximate surface area is 141 Å². The van der Waals surface area contributed by atoms with E-state index < -0.39 is 0 Å². The van der Waals surface area contributed by atoms with Crippen LogP contribution in [0, 0.1) is 0 Å². The van der Waals surface area contributed by atoms with Crippen LogP contribution in [-0.4, -0.2) is 26.2 Å². The molecule has 0 aliphatic rings. The molecule has 0 atom stereocenters. The highest BCUT2D eigenvalue weighted by atomic mass is 35.5. The van der Waals surface area contributed by atoms with Crippen molar-refractivity contribution in [1.29, 1.82) is 0 Å². The lowest BCUT2D eigenvalue weighted by atomic mass is 10.2. The fourth-order valence-electron chi connectivity index (χ4n) is 1.96. The van der Waals surface area contributed by atoms with Gasteiger partial charge in [-0.3, -0.25) is 4.99 Å². The average molecular weight is 336 g/mol. The van der Waals surface area contributed by atoms with Crippen LogP contribution in [0.5, 0.6) is 0 Å². The second-order valence-electron chi connectivity index (χ2n) is 4.96. The van der Waals surface area contributed by atoms with E-state index in [2.05, 4.69) is 15.6 Å². The number of hydrogen-bond acceptors (Lipinski definition) is 3. The maximum absolute atomic E-state index is 5.87. The highest BCUT2D eigenvalue weighted by molar-refractivity contribution is 6.30. The van der Waals surface area contributed by atoms with Crippen molar-refractivity contribution in [3.05, 3.63) is 59.0 Å². The molecule has 1 aromatic heterocycles. The van der Waals surface area contributed by atoms with Gasteiger partial charge in [0.15, 0.2) is 5.96 Å². The molecular weight excluding hydrogens is 314 g/mol. The molecule has 2 rings (SSSR count). The van der Waals surface area contributed by atoms with Gasteiger partial charge in [-0.05, 0) is 36.2 Å². The molecule has 0 aliphatic heterocycles. The molecule has 0 saturated heterocycles. The summed E-state index contributed by atoms with van der Waals surface area (Å²) in [5.74, 6) is 1.62. The minimum atomic E-state index is 0.510. The van der Waals surface area contributed by atoms with Crippen molar-refractivity contribution >= 4 is 17.6 Å². The Hall–Kier alpha value is -1.98. The number of guanidine groups is 1. The van der Waals surface area contributed by atoms with Gasteiger partial charge in [-0.25, -0.2) is 0 Å². The van der Waals surface area contributed by atoms with E-state index in [0.717, 1.165) is 35.3 Å². The SMILES string of the molecule is CN=C(NCCCOCc1ccco1)NCc1ccc(Cl)cc1. The van der Waals surface area contributed by atoms with Crippen LogP contribution < -0.4 is 10.6 Å². The predicted octanol–water partition coefficient (Wildman–Crippen LogP) is 3.20. The Balaban J connectivity index is 1.56. The third kappa shape index (κ3) is 6.76. The first-order chi connectivity index (χ1) is 11.3. The molecule has 1 aromatic carbocycles. The highest BCUT2D eigenvalue weighted by Gasteiger charge is 1.99. The lowest BCUT2D eigenvalue weighted by molar-refractivity contribution is 0.105. The molecule has 0 fully saturated rings. The van der Waals surface area contributed by atoms with Gasteiger partial charge in [-0.15, -0.1) is 0 Å². The molecular formula is C17H22ClN3O2. The monoisotopic (exact) mass is 335 g/mol. The van der Waals surface area contributed by atoms with Gasteiger partial charge in [0.05, 0.1) is 6.26 Å². The zero-order valence-corrected chi connectivity index (χ0v) is 14.0. The summed E-state index contributed by atoms with van der Waals surface area (Å²) < 4.78 is 10.7. The summed E-state index contributed by atoms with van der Waals surface area (Å²) in [5, 5.41) is 7.25. The van der Waals surface area contributed by atoms with Crippen molar-refractivity contribution in [3.63, 3.8) is 0 Å².